The van der Waals surface area contributed by atoms with Crippen molar-refractivity contribution in [2.75, 3.05) is 30.6 Å². The molecule has 5 heteroatoms. The molecule has 1 saturated heterocycles. The van der Waals surface area contributed by atoms with E-state index in [4.69, 9.17) is 0 Å². The lowest BCUT2D eigenvalue weighted by Gasteiger charge is -2.24. The molecule has 4 nitrogen and oxygen atoms in total. The second-order valence-electron chi connectivity index (χ2n) is 8.80. The van der Waals surface area contributed by atoms with Gasteiger partial charge in [-0.2, -0.15) is 0 Å². The fourth-order valence-electron chi connectivity index (χ4n) is 4.97. The van der Waals surface area contributed by atoms with Gasteiger partial charge in [0.2, 0.25) is 10.0 Å². The number of nitrogens with one attached hydrogen (secondary N) is 1. The Bertz CT molecular complexity index is 941. The standard InChI is InChI=1S/C23H30N2O2S/c1-17-9-11-18(12-10-17)6-5-13-25-15-21-22(16-25)23(21,2)19-7-4-8-20(14-19)24-28(3,26)27/h4,7-12,14,21-22,24H,5-6,13,15-16H2,1-3H3. The highest BCUT2D eigenvalue weighted by atomic mass is 32.2. The van der Waals surface area contributed by atoms with Crippen LogP contribution in [0, 0.1) is 18.8 Å². The summed E-state index contributed by atoms with van der Waals surface area (Å²) < 4.78 is 25.6. The Labute approximate surface area is 169 Å². The summed E-state index contributed by atoms with van der Waals surface area (Å²) in [4.78, 5) is 2.60. The average molecular weight is 399 g/mol. The lowest BCUT2D eigenvalue weighted by molar-refractivity contribution is 0.274. The summed E-state index contributed by atoms with van der Waals surface area (Å²) in [6.45, 7) is 7.93. The van der Waals surface area contributed by atoms with Gasteiger partial charge in [0.25, 0.3) is 0 Å². The van der Waals surface area contributed by atoms with Crippen LogP contribution in [-0.2, 0) is 21.9 Å². The van der Waals surface area contributed by atoms with Crippen LogP contribution in [0.15, 0.2) is 48.5 Å². The first-order chi connectivity index (χ1) is 13.3. The van der Waals surface area contributed by atoms with Crippen molar-refractivity contribution in [1.29, 1.82) is 0 Å². The summed E-state index contributed by atoms with van der Waals surface area (Å²) in [5.74, 6) is 1.36. The summed E-state index contributed by atoms with van der Waals surface area (Å²) in [6.07, 6.45) is 3.54. The summed E-state index contributed by atoms with van der Waals surface area (Å²) in [5.41, 5.74) is 4.85. The van der Waals surface area contributed by atoms with E-state index in [1.54, 1.807) is 0 Å². The van der Waals surface area contributed by atoms with Gasteiger partial charge in [-0.15, -0.1) is 0 Å². The molecule has 0 bridgehead atoms. The topological polar surface area (TPSA) is 49.4 Å². The second-order valence-corrected chi connectivity index (χ2v) is 10.5. The monoisotopic (exact) mass is 398 g/mol. The maximum absolute atomic E-state index is 11.5. The fourth-order valence-corrected chi connectivity index (χ4v) is 5.52. The van der Waals surface area contributed by atoms with Crippen LogP contribution in [0.3, 0.4) is 0 Å². The van der Waals surface area contributed by atoms with Gasteiger partial charge in [-0.25, -0.2) is 8.42 Å². The van der Waals surface area contributed by atoms with Gasteiger partial charge in [0.1, 0.15) is 0 Å². The lowest BCUT2D eigenvalue weighted by Crippen LogP contribution is -2.30. The van der Waals surface area contributed by atoms with Crippen molar-refractivity contribution in [3.8, 4) is 0 Å². The van der Waals surface area contributed by atoms with Gasteiger partial charge >= 0.3 is 0 Å². The van der Waals surface area contributed by atoms with Gasteiger partial charge in [-0.3, -0.25) is 4.72 Å². The highest BCUT2D eigenvalue weighted by Crippen LogP contribution is 2.63. The molecule has 4 rings (SSSR count). The molecule has 2 aromatic rings. The maximum Gasteiger partial charge on any atom is 0.229 e. The molecule has 1 aliphatic heterocycles. The van der Waals surface area contributed by atoms with Crippen LogP contribution in [0.2, 0.25) is 0 Å². The first kappa shape index (κ1) is 19.5. The number of nitrogens with zero attached hydrogens (tertiary/aromatic N) is 1. The van der Waals surface area contributed by atoms with Crippen molar-refractivity contribution in [1.82, 2.24) is 4.90 Å². The first-order valence-electron chi connectivity index (χ1n) is 10.1. The molecule has 2 unspecified atom stereocenters. The van der Waals surface area contributed by atoms with Crippen LogP contribution in [0.4, 0.5) is 5.69 Å². The third kappa shape index (κ3) is 3.96. The van der Waals surface area contributed by atoms with Crippen LogP contribution >= 0.6 is 0 Å². The van der Waals surface area contributed by atoms with Crippen LogP contribution in [-0.4, -0.2) is 39.2 Å². The van der Waals surface area contributed by atoms with E-state index in [9.17, 15) is 8.42 Å². The molecule has 2 atom stereocenters. The van der Waals surface area contributed by atoms with E-state index in [2.05, 4.69) is 53.8 Å². The van der Waals surface area contributed by atoms with Crippen LogP contribution in [0.25, 0.3) is 0 Å². The second kappa shape index (κ2) is 7.20. The zero-order valence-electron chi connectivity index (χ0n) is 17.0. The highest BCUT2D eigenvalue weighted by Gasteiger charge is 2.65. The van der Waals surface area contributed by atoms with Gasteiger partial charge in [0.15, 0.2) is 0 Å². The largest absolute Gasteiger partial charge is 0.303 e. The quantitative estimate of drug-likeness (QED) is 0.771. The van der Waals surface area contributed by atoms with Crippen molar-refractivity contribution in [2.45, 2.75) is 32.1 Å². The van der Waals surface area contributed by atoms with Crippen molar-refractivity contribution < 1.29 is 8.42 Å². The predicted molar refractivity (Wildman–Crippen MR) is 115 cm³/mol. The Morgan fingerprint density at radius 3 is 2.43 bits per heavy atom. The van der Waals surface area contributed by atoms with Crippen molar-refractivity contribution in [2.24, 2.45) is 11.8 Å². The molecule has 1 heterocycles. The Balaban J connectivity index is 1.31. The van der Waals surface area contributed by atoms with Gasteiger partial charge in [-0.05, 0) is 61.4 Å². The molecule has 150 valence electrons. The number of likely N-dealkylation sites (tertiary alicyclic amines) is 1. The molecule has 2 aliphatic rings. The number of rotatable bonds is 7. The Morgan fingerprint density at radius 2 is 1.79 bits per heavy atom. The number of hydrogen-bond donors (Lipinski definition) is 1. The number of fused-ring (bicyclic) bond motifs is 1. The average Bonchev–Trinajstić information content (AvgIpc) is 2.99. The first-order valence-corrected chi connectivity index (χ1v) is 12.0. The number of hydrogen-bond acceptors (Lipinski definition) is 3. The molecule has 1 aliphatic carbocycles. The molecule has 0 amide bonds. The van der Waals surface area contributed by atoms with E-state index in [-0.39, 0.29) is 5.41 Å². The minimum Gasteiger partial charge on any atom is -0.303 e. The lowest BCUT2D eigenvalue weighted by atomic mass is 9.92. The summed E-state index contributed by atoms with van der Waals surface area (Å²) in [6, 6.07) is 16.8. The van der Waals surface area contributed by atoms with E-state index in [0.717, 1.165) is 26.1 Å². The molecular formula is C23H30N2O2S. The summed E-state index contributed by atoms with van der Waals surface area (Å²) in [5, 5.41) is 0. The van der Waals surface area contributed by atoms with Gasteiger partial charge in [0.05, 0.1) is 6.26 Å². The molecular weight excluding hydrogens is 368 g/mol. The van der Waals surface area contributed by atoms with Crippen LogP contribution in [0.5, 0.6) is 0 Å². The molecule has 0 radical (unpaired) electrons. The van der Waals surface area contributed by atoms with Crippen molar-refractivity contribution in [3.63, 3.8) is 0 Å². The minimum absolute atomic E-state index is 0.183. The zero-order valence-corrected chi connectivity index (χ0v) is 17.8. The SMILES string of the molecule is Cc1ccc(CCCN2CC3C(C2)C3(C)c2cccc(NS(C)(=O)=O)c2)cc1. The Hall–Kier alpha value is -1.85. The number of benzene rings is 2. The third-order valence-electron chi connectivity index (χ3n) is 6.68. The number of piperidine rings is 1. The zero-order chi connectivity index (χ0) is 19.9. The van der Waals surface area contributed by atoms with Gasteiger partial charge in [-0.1, -0.05) is 48.9 Å². The van der Waals surface area contributed by atoms with Crippen molar-refractivity contribution in [3.05, 3.63) is 65.2 Å². The third-order valence-corrected chi connectivity index (χ3v) is 7.28. The highest BCUT2D eigenvalue weighted by molar-refractivity contribution is 7.92. The number of aryl methyl sites for hydroxylation is 2. The molecule has 0 aromatic heterocycles. The normalized spacial score (nSPS) is 26.8. The maximum atomic E-state index is 11.5. The van der Waals surface area contributed by atoms with E-state index in [1.807, 2.05) is 18.2 Å². The molecule has 1 N–H and O–H groups in total. The Kier molecular flexibility index (Phi) is 5.00. The summed E-state index contributed by atoms with van der Waals surface area (Å²) in [7, 11) is -3.24. The van der Waals surface area contributed by atoms with Crippen LogP contribution in [0.1, 0.15) is 30.0 Å². The molecule has 2 aromatic carbocycles. The van der Waals surface area contributed by atoms with E-state index in [1.165, 1.54) is 29.4 Å². The molecule has 1 saturated carbocycles. The number of anilines is 1. The smallest absolute Gasteiger partial charge is 0.229 e. The van der Waals surface area contributed by atoms with E-state index in [0.29, 0.717) is 17.5 Å². The summed E-state index contributed by atoms with van der Waals surface area (Å²) >= 11 is 0. The van der Waals surface area contributed by atoms with Gasteiger partial charge < -0.3 is 4.90 Å². The fraction of sp³-hybridized carbons (Fsp3) is 0.478. The van der Waals surface area contributed by atoms with E-state index >= 15 is 0 Å². The van der Waals surface area contributed by atoms with Crippen LogP contribution < -0.4 is 4.72 Å². The number of sulfonamides is 1. The minimum atomic E-state index is -3.24. The molecule has 2 fully saturated rings. The predicted octanol–water partition coefficient (Wildman–Crippen LogP) is 3.82. The molecule has 28 heavy (non-hydrogen) atoms. The van der Waals surface area contributed by atoms with E-state index < -0.39 is 10.0 Å². The molecule has 0 spiro atoms. The van der Waals surface area contributed by atoms with Crippen molar-refractivity contribution >= 4 is 15.7 Å². The van der Waals surface area contributed by atoms with Gasteiger partial charge in [0, 0.05) is 24.2 Å². The Morgan fingerprint density at radius 1 is 1.11 bits per heavy atom.